The maximum atomic E-state index is 12.7. The predicted octanol–water partition coefficient (Wildman–Crippen LogP) is 1.80. The first-order chi connectivity index (χ1) is 14.6. The summed E-state index contributed by atoms with van der Waals surface area (Å²) in [6.07, 6.45) is 2.68. The van der Waals surface area contributed by atoms with Crippen molar-refractivity contribution in [1.82, 2.24) is 24.9 Å². The van der Waals surface area contributed by atoms with E-state index in [2.05, 4.69) is 15.5 Å². The third kappa shape index (κ3) is 3.88. The third-order valence-electron chi connectivity index (χ3n) is 5.18. The van der Waals surface area contributed by atoms with E-state index >= 15 is 0 Å². The first-order valence-corrected chi connectivity index (χ1v) is 9.76. The first kappa shape index (κ1) is 20.0. The van der Waals surface area contributed by atoms with Gasteiger partial charge in [0.15, 0.2) is 0 Å². The van der Waals surface area contributed by atoms with Gasteiger partial charge in [-0.15, -0.1) is 0 Å². The smallest absolute Gasteiger partial charge is 0.269 e. The van der Waals surface area contributed by atoms with Crippen LogP contribution in [0.5, 0.6) is 11.5 Å². The SMILES string of the molecule is COc1ccc(OC)c(-c2cc(C(=O)NCCn3ncc4c3CCOC4)n(C)n2)c1. The Bertz CT molecular complexity index is 1060. The number of aryl methyl sites for hydroxylation is 1. The molecule has 0 spiro atoms. The topological polar surface area (TPSA) is 92.4 Å². The van der Waals surface area contributed by atoms with Gasteiger partial charge in [-0.1, -0.05) is 0 Å². The van der Waals surface area contributed by atoms with Gasteiger partial charge in [-0.2, -0.15) is 10.2 Å². The second-order valence-corrected chi connectivity index (χ2v) is 7.00. The van der Waals surface area contributed by atoms with Gasteiger partial charge in [0.1, 0.15) is 17.2 Å². The number of ether oxygens (including phenoxy) is 3. The van der Waals surface area contributed by atoms with Gasteiger partial charge in [-0.05, 0) is 24.3 Å². The molecule has 30 heavy (non-hydrogen) atoms. The average molecular weight is 411 g/mol. The van der Waals surface area contributed by atoms with Crippen molar-refractivity contribution in [3.8, 4) is 22.8 Å². The monoisotopic (exact) mass is 411 g/mol. The number of nitrogens with zero attached hydrogens (tertiary/aromatic N) is 4. The van der Waals surface area contributed by atoms with E-state index in [1.165, 1.54) is 5.69 Å². The third-order valence-corrected chi connectivity index (χ3v) is 5.18. The quantitative estimate of drug-likeness (QED) is 0.637. The maximum absolute atomic E-state index is 12.7. The minimum absolute atomic E-state index is 0.192. The highest BCUT2D eigenvalue weighted by Crippen LogP contribution is 2.32. The number of rotatable bonds is 7. The minimum atomic E-state index is -0.192. The molecule has 0 aliphatic carbocycles. The van der Waals surface area contributed by atoms with Crippen molar-refractivity contribution >= 4 is 5.91 Å². The van der Waals surface area contributed by atoms with Gasteiger partial charge in [0, 0.05) is 36.8 Å². The summed E-state index contributed by atoms with van der Waals surface area (Å²) in [5, 5.41) is 11.8. The van der Waals surface area contributed by atoms with Crippen LogP contribution in [0.2, 0.25) is 0 Å². The Labute approximate surface area is 174 Å². The Balaban J connectivity index is 1.46. The summed E-state index contributed by atoms with van der Waals surface area (Å²) in [5.74, 6) is 1.16. The second-order valence-electron chi connectivity index (χ2n) is 7.00. The zero-order chi connectivity index (χ0) is 21.1. The van der Waals surface area contributed by atoms with Gasteiger partial charge >= 0.3 is 0 Å². The summed E-state index contributed by atoms with van der Waals surface area (Å²) in [7, 11) is 4.95. The molecule has 1 aliphatic heterocycles. The fraction of sp³-hybridized carbons (Fsp3) is 0.381. The molecule has 0 unspecified atom stereocenters. The molecule has 0 saturated carbocycles. The zero-order valence-electron chi connectivity index (χ0n) is 17.3. The van der Waals surface area contributed by atoms with E-state index in [-0.39, 0.29) is 5.91 Å². The fourth-order valence-electron chi connectivity index (χ4n) is 3.59. The van der Waals surface area contributed by atoms with Crippen LogP contribution in [-0.4, -0.2) is 52.8 Å². The molecular weight excluding hydrogens is 386 g/mol. The number of fused-ring (bicyclic) bond motifs is 1. The Hall–Kier alpha value is -3.33. The molecule has 0 saturated heterocycles. The molecule has 0 atom stereocenters. The van der Waals surface area contributed by atoms with Crippen LogP contribution >= 0.6 is 0 Å². The Kier molecular flexibility index (Phi) is 5.71. The van der Waals surface area contributed by atoms with E-state index in [0.717, 1.165) is 17.5 Å². The number of benzene rings is 1. The molecule has 1 aliphatic rings. The molecule has 3 heterocycles. The lowest BCUT2D eigenvalue weighted by Gasteiger charge is -2.14. The Morgan fingerprint density at radius 3 is 2.93 bits per heavy atom. The standard InChI is InChI=1S/C21H25N5O4/c1-25-19(11-17(24-25)16-10-15(28-2)4-5-20(16)29-3)21(27)22-7-8-26-18-6-9-30-13-14(18)12-23-26/h4-5,10-12H,6-9,13H2,1-3H3,(H,22,27). The van der Waals surface area contributed by atoms with E-state index in [9.17, 15) is 4.79 Å². The number of amides is 1. The molecule has 3 aromatic rings. The second kappa shape index (κ2) is 8.58. The Morgan fingerprint density at radius 1 is 1.27 bits per heavy atom. The largest absolute Gasteiger partial charge is 0.497 e. The summed E-state index contributed by atoms with van der Waals surface area (Å²) in [5.41, 5.74) is 4.17. The van der Waals surface area contributed by atoms with Crippen LogP contribution in [0.4, 0.5) is 0 Å². The van der Waals surface area contributed by atoms with E-state index in [0.29, 0.717) is 49.2 Å². The number of aromatic nitrogens is 4. The molecule has 0 bridgehead atoms. The number of hydrogen-bond acceptors (Lipinski definition) is 6. The maximum Gasteiger partial charge on any atom is 0.269 e. The molecule has 9 nitrogen and oxygen atoms in total. The van der Waals surface area contributed by atoms with E-state index in [1.807, 2.05) is 29.1 Å². The van der Waals surface area contributed by atoms with Crippen LogP contribution in [0.3, 0.4) is 0 Å². The summed E-state index contributed by atoms with van der Waals surface area (Å²) < 4.78 is 19.7. The normalized spacial score (nSPS) is 13.0. The van der Waals surface area contributed by atoms with Crippen molar-refractivity contribution in [3.63, 3.8) is 0 Å². The van der Waals surface area contributed by atoms with E-state index in [1.54, 1.807) is 32.0 Å². The molecule has 2 aromatic heterocycles. The van der Waals surface area contributed by atoms with Crippen LogP contribution in [0.15, 0.2) is 30.5 Å². The molecule has 1 aromatic carbocycles. The molecular formula is C21H25N5O4. The highest BCUT2D eigenvalue weighted by atomic mass is 16.5. The molecule has 1 amide bonds. The lowest BCUT2D eigenvalue weighted by molar-refractivity contribution is 0.0941. The van der Waals surface area contributed by atoms with E-state index < -0.39 is 0 Å². The van der Waals surface area contributed by atoms with Gasteiger partial charge in [-0.3, -0.25) is 14.2 Å². The lowest BCUT2D eigenvalue weighted by Crippen LogP contribution is -2.29. The van der Waals surface area contributed by atoms with Gasteiger partial charge in [0.25, 0.3) is 5.91 Å². The van der Waals surface area contributed by atoms with Crippen LogP contribution in [0, 0.1) is 0 Å². The number of nitrogens with one attached hydrogen (secondary N) is 1. The van der Waals surface area contributed by atoms with Gasteiger partial charge in [-0.25, -0.2) is 0 Å². The van der Waals surface area contributed by atoms with Gasteiger partial charge < -0.3 is 19.5 Å². The number of carbonyl (C=O) groups excluding carboxylic acids is 1. The van der Waals surface area contributed by atoms with Gasteiger partial charge in [0.2, 0.25) is 0 Å². The number of carbonyl (C=O) groups is 1. The Morgan fingerprint density at radius 2 is 2.13 bits per heavy atom. The van der Waals surface area contributed by atoms with Crippen LogP contribution in [0.1, 0.15) is 21.7 Å². The van der Waals surface area contributed by atoms with Gasteiger partial charge in [0.05, 0.1) is 45.9 Å². The molecule has 9 heteroatoms. The molecule has 0 fully saturated rings. The van der Waals surface area contributed by atoms with Crippen LogP contribution in [-0.2, 0) is 31.4 Å². The molecule has 1 N–H and O–H groups in total. The van der Waals surface area contributed by atoms with Crippen molar-refractivity contribution in [2.24, 2.45) is 7.05 Å². The van der Waals surface area contributed by atoms with Crippen molar-refractivity contribution in [2.45, 2.75) is 19.6 Å². The van der Waals surface area contributed by atoms with E-state index in [4.69, 9.17) is 14.2 Å². The van der Waals surface area contributed by atoms with Crippen molar-refractivity contribution < 1.29 is 19.0 Å². The van der Waals surface area contributed by atoms with Crippen molar-refractivity contribution in [2.75, 3.05) is 27.4 Å². The average Bonchev–Trinajstić information content (AvgIpc) is 3.37. The minimum Gasteiger partial charge on any atom is -0.497 e. The van der Waals surface area contributed by atoms with Crippen LogP contribution < -0.4 is 14.8 Å². The van der Waals surface area contributed by atoms with Crippen LogP contribution in [0.25, 0.3) is 11.3 Å². The summed E-state index contributed by atoms with van der Waals surface area (Å²) in [4.78, 5) is 12.7. The highest BCUT2D eigenvalue weighted by Gasteiger charge is 2.18. The molecule has 158 valence electrons. The lowest BCUT2D eigenvalue weighted by atomic mass is 10.1. The highest BCUT2D eigenvalue weighted by molar-refractivity contribution is 5.93. The number of hydrogen-bond donors (Lipinski definition) is 1. The van der Waals surface area contributed by atoms with Crippen molar-refractivity contribution in [1.29, 1.82) is 0 Å². The van der Waals surface area contributed by atoms with Crippen molar-refractivity contribution in [3.05, 3.63) is 47.4 Å². The predicted molar refractivity (Wildman–Crippen MR) is 110 cm³/mol. The molecule has 0 radical (unpaired) electrons. The summed E-state index contributed by atoms with van der Waals surface area (Å²) in [6.45, 7) is 2.39. The zero-order valence-corrected chi connectivity index (χ0v) is 17.3. The number of methoxy groups -OCH3 is 2. The first-order valence-electron chi connectivity index (χ1n) is 9.76. The molecule has 4 rings (SSSR count). The summed E-state index contributed by atoms with van der Waals surface area (Å²) in [6, 6.07) is 7.23. The fourth-order valence-corrected chi connectivity index (χ4v) is 3.59. The summed E-state index contributed by atoms with van der Waals surface area (Å²) >= 11 is 0.